The van der Waals surface area contributed by atoms with Crippen LogP contribution in [0.15, 0.2) is 18.2 Å². The summed E-state index contributed by atoms with van der Waals surface area (Å²) in [5.41, 5.74) is 2.37. The SMILES string of the molecule is Cc1ccc(C(=O)N2CCCC(CO)C2)cc1C#CCO. The van der Waals surface area contributed by atoms with E-state index >= 15 is 0 Å². The summed E-state index contributed by atoms with van der Waals surface area (Å²) < 4.78 is 0. The number of likely N-dealkylation sites (tertiary alicyclic amines) is 1. The van der Waals surface area contributed by atoms with Gasteiger partial charge in [-0.25, -0.2) is 0 Å². The van der Waals surface area contributed by atoms with Crippen molar-refractivity contribution in [2.24, 2.45) is 5.92 Å². The third-order valence-corrected chi connectivity index (χ3v) is 3.85. The van der Waals surface area contributed by atoms with E-state index in [9.17, 15) is 9.90 Å². The molecule has 1 aliphatic heterocycles. The van der Waals surface area contributed by atoms with E-state index in [1.54, 1.807) is 11.0 Å². The quantitative estimate of drug-likeness (QED) is 0.803. The van der Waals surface area contributed by atoms with Crippen molar-refractivity contribution < 1.29 is 15.0 Å². The molecule has 0 aliphatic carbocycles. The molecule has 1 unspecified atom stereocenters. The minimum Gasteiger partial charge on any atom is -0.396 e. The lowest BCUT2D eigenvalue weighted by atomic mass is 9.97. The highest BCUT2D eigenvalue weighted by atomic mass is 16.3. The highest BCUT2D eigenvalue weighted by Crippen LogP contribution is 2.19. The molecule has 0 radical (unpaired) electrons. The van der Waals surface area contributed by atoms with Gasteiger partial charge in [0.25, 0.3) is 5.91 Å². The highest BCUT2D eigenvalue weighted by molar-refractivity contribution is 5.94. The van der Waals surface area contributed by atoms with Crippen molar-refractivity contribution in [2.45, 2.75) is 19.8 Å². The molecule has 0 aromatic heterocycles. The van der Waals surface area contributed by atoms with Crippen molar-refractivity contribution in [3.63, 3.8) is 0 Å². The summed E-state index contributed by atoms with van der Waals surface area (Å²) in [5, 5.41) is 18.0. The molecule has 1 atom stereocenters. The van der Waals surface area contributed by atoms with Gasteiger partial charge in [0.15, 0.2) is 0 Å². The van der Waals surface area contributed by atoms with E-state index in [1.165, 1.54) is 0 Å². The minimum absolute atomic E-state index is 0.0137. The number of piperidine rings is 1. The van der Waals surface area contributed by atoms with Crippen molar-refractivity contribution in [1.82, 2.24) is 4.90 Å². The van der Waals surface area contributed by atoms with Gasteiger partial charge in [-0.05, 0) is 43.4 Å². The van der Waals surface area contributed by atoms with E-state index in [-0.39, 0.29) is 25.0 Å². The molecular formula is C17H21NO3. The Morgan fingerprint density at radius 3 is 2.95 bits per heavy atom. The molecule has 1 aromatic carbocycles. The Balaban J connectivity index is 2.19. The lowest BCUT2D eigenvalue weighted by Crippen LogP contribution is -2.40. The zero-order valence-electron chi connectivity index (χ0n) is 12.3. The molecule has 2 rings (SSSR count). The molecule has 1 heterocycles. The Morgan fingerprint density at radius 2 is 2.24 bits per heavy atom. The van der Waals surface area contributed by atoms with Crippen LogP contribution in [0.25, 0.3) is 0 Å². The smallest absolute Gasteiger partial charge is 0.253 e. The number of carbonyl (C=O) groups is 1. The molecule has 21 heavy (non-hydrogen) atoms. The molecular weight excluding hydrogens is 266 g/mol. The van der Waals surface area contributed by atoms with Gasteiger partial charge in [-0.3, -0.25) is 4.79 Å². The van der Waals surface area contributed by atoms with Gasteiger partial charge in [0.1, 0.15) is 6.61 Å². The third kappa shape index (κ3) is 3.84. The van der Waals surface area contributed by atoms with Crippen molar-refractivity contribution >= 4 is 5.91 Å². The molecule has 1 saturated heterocycles. The van der Waals surface area contributed by atoms with Crippen LogP contribution in [-0.2, 0) is 0 Å². The van der Waals surface area contributed by atoms with Crippen LogP contribution in [0.5, 0.6) is 0 Å². The predicted molar refractivity (Wildman–Crippen MR) is 80.9 cm³/mol. The number of hydrogen-bond donors (Lipinski definition) is 2. The second-order valence-corrected chi connectivity index (χ2v) is 5.43. The number of amides is 1. The fourth-order valence-corrected chi connectivity index (χ4v) is 2.61. The molecule has 1 aromatic rings. The molecule has 0 saturated carbocycles. The summed E-state index contributed by atoms with van der Waals surface area (Å²) in [6, 6.07) is 5.47. The lowest BCUT2D eigenvalue weighted by molar-refractivity contribution is 0.0620. The van der Waals surface area contributed by atoms with Crippen molar-refractivity contribution in [1.29, 1.82) is 0 Å². The number of benzene rings is 1. The molecule has 4 heteroatoms. The fourth-order valence-electron chi connectivity index (χ4n) is 2.61. The first-order chi connectivity index (χ1) is 10.2. The summed E-state index contributed by atoms with van der Waals surface area (Å²) in [6.07, 6.45) is 1.90. The average Bonchev–Trinajstić information content (AvgIpc) is 2.53. The van der Waals surface area contributed by atoms with E-state index in [4.69, 9.17) is 5.11 Å². The molecule has 1 aliphatic rings. The van der Waals surface area contributed by atoms with Crippen molar-refractivity contribution in [3.05, 3.63) is 34.9 Å². The zero-order chi connectivity index (χ0) is 15.2. The first-order valence-electron chi connectivity index (χ1n) is 7.26. The number of rotatable bonds is 2. The van der Waals surface area contributed by atoms with E-state index in [0.29, 0.717) is 12.1 Å². The Morgan fingerprint density at radius 1 is 1.43 bits per heavy atom. The van der Waals surface area contributed by atoms with E-state index in [0.717, 1.165) is 30.5 Å². The van der Waals surface area contributed by atoms with Crippen LogP contribution in [0, 0.1) is 24.7 Å². The summed E-state index contributed by atoms with van der Waals surface area (Å²) in [7, 11) is 0. The van der Waals surface area contributed by atoms with Crippen molar-refractivity contribution in [2.75, 3.05) is 26.3 Å². The highest BCUT2D eigenvalue weighted by Gasteiger charge is 2.24. The Labute approximate surface area is 125 Å². The van der Waals surface area contributed by atoms with Crippen LogP contribution in [0.3, 0.4) is 0 Å². The summed E-state index contributed by atoms with van der Waals surface area (Å²) in [6.45, 7) is 3.22. The molecule has 0 bridgehead atoms. The Kier molecular flexibility index (Phi) is 5.38. The molecule has 1 amide bonds. The molecule has 1 fully saturated rings. The van der Waals surface area contributed by atoms with E-state index < -0.39 is 0 Å². The van der Waals surface area contributed by atoms with Gasteiger partial charge >= 0.3 is 0 Å². The second kappa shape index (κ2) is 7.26. The Bertz CT molecular complexity index is 571. The standard InChI is InChI=1S/C17H21NO3/c1-13-6-7-16(10-15(13)5-3-9-19)17(21)18-8-2-4-14(11-18)12-20/h6-7,10,14,19-20H,2,4,8-9,11-12H2,1H3. The van der Waals surface area contributed by atoms with Crippen LogP contribution in [0.1, 0.15) is 34.3 Å². The van der Waals surface area contributed by atoms with Gasteiger partial charge in [-0.15, -0.1) is 0 Å². The average molecular weight is 287 g/mol. The van der Waals surface area contributed by atoms with Gasteiger partial charge in [-0.2, -0.15) is 0 Å². The van der Waals surface area contributed by atoms with Crippen LogP contribution in [0.4, 0.5) is 0 Å². The van der Waals surface area contributed by atoms with Crippen molar-refractivity contribution in [3.8, 4) is 11.8 Å². The second-order valence-electron chi connectivity index (χ2n) is 5.43. The molecule has 4 nitrogen and oxygen atoms in total. The van der Waals surface area contributed by atoms with Gasteiger partial charge < -0.3 is 15.1 Å². The maximum atomic E-state index is 12.5. The summed E-state index contributed by atoms with van der Waals surface area (Å²) >= 11 is 0. The summed E-state index contributed by atoms with van der Waals surface area (Å²) in [5.74, 6) is 5.65. The van der Waals surface area contributed by atoms with Crippen LogP contribution >= 0.6 is 0 Å². The van der Waals surface area contributed by atoms with Gasteiger partial charge in [-0.1, -0.05) is 17.9 Å². The maximum Gasteiger partial charge on any atom is 0.253 e. The van der Waals surface area contributed by atoms with Gasteiger partial charge in [0.2, 0.25) is 0 Å². The van der Waals surface area contributed by atoms with E-state index in [1.807, 2.05) is 19.1 Å². The fraction of sp³-hybridized carbons (Fsp3) is 0.471. The Hall–Kier alpha value is -1.83. The number of aliphatic hydroxyl groups excluding tert-OH is 2. The predicted octanol–water partition coefficient (Wildman–Crippen LogP) is 1.18. The number of nitrogens with zero attached hydrogens (tertiary/aromatic N) is 1. The lowest BCUT2D eigenvalue weighted by Gasteiger charge is -2.32. The third-order valence-electron chi connectivity index (χ3n) is 3.85. The first-order valence-corrected chi connectivity index (χ1v) is 7.26. The van der Waals surface area contributed by atoms with Crippen LogP contribution in [0.2, 0.25) is 0 Å². The molecule has 2 N–H and O–H groups in total. The minimum atomic E-state index is -0.193. The summed E-state index contributed by atoms with van der Waals surface area (Å²) in [4.78, 5) is 14.3. The number of hydrogen-bond acceptors (Lipinski definition) is 3. The number of aryl methyl sites for hydroxylation is 1. The largest absolute Gasteiger partial charge is 0.396 e. The topological polar surface area (TPSA) is 60.8 Å². The number of carbonyl (C=O) groups excluding carboxylic acids is 1. The monoisotopic (exact) mass is 287 g/mol. The zero-order valence-corrected chi connectivity index (χ0v) is 12.3. The number of aliphatic hydroxyl groups is 2. The maximum absolute atomic E-state index is 12.5. The first kappa shape index (κ1) is 15.6. The van der Waals surface area contributed by atoms with Gasteiger partial charge in [0.05, 0.1) is 0 Å². The van der Waals surface area contributed by atoms with E-state index in [2.05, 4.69) is 11.8 Å². The molecule has 112 valence electrons. The van der Waals surface area contributed by atoms with Crippen LogP contribution in [-0.4, -0.2) is 47.3 Å². The molecule has 0 spiro atoms. The van der Waals surface area contributed by atoms with Gasteiger partial charge in [0, 0.05) is 30.8 Å². The van der Waals surface area contributed by atoms with Crippen LogP contribution < -0.4 is 0 Å². The normalized spacial score (nSPS) is 18.0.